The summed E-state index contributed by atoms with van der Waals surface area (Å²) in [6, 6.07) is 6.21. The van der Waals surface area contributed by atoms with Crippen molar-refractivity contribution in [2.24, 2.45) is 5.92 Å². The number of benzene rings is 1. The van der Waals surface area contributed by atoms with E-state index >= 15 is 0 Å². The normalized spacial score (nSPS) is 19.9. The molecule has 1 heterocycles. The Kier molecular flexibility index (Phi) is 3.65. The van der Waals surface area contributed by atoms with Crippen molar-refractivity contribution in [2.75, 3.05) is 13.1 Å². The van der Waals surface area contributed by atoms with Crippen molar-refractivity contribution in [1.29, 1.82) is 0 Å². The summed E-state index contributed by atoms with van der Waals surface area (Å²) in [6.07, 6.45) is 1.22. The van der Waals surface area contributed by atoms with Crippen LogP contribution in [-0.4, -0.2) is 34.8 Å². The highest BCUT2D eigenvalue weighted by atomic mass is 16.3. The second-order valence-electron chi connectivity index (χ2n) is 4.62. The van der Waals surface area contributed by atoms with Crippen molar-refractivity contribution < 1.29 is 14.7 Å². The lowest BCUT2D eigenvalue weighted by atomic mass is 9.93. The van der Waals surface area contributed by atoms with Gasteiger partial charge in [0.25, 0.3) is 5.91 Å². The third-order valence-corrected chi connectivity index (χ3v) is 3.42. The van der Waals surface area contributed by atoms with E-state index in [1.165, 1.54) is 12.1 Å². The molecular weight excluding hydrogens is 230 g/mol. The fraction of sp³-hybridized carbons (Fsp3) is 0.429. The van der Waals surface area contributed by atoms with Crippen molar-refractivity contribution in [3.05, 3.63) is 29.8 Å². The number of amides is 1. The van der Waals surface area contributed by atoms with Crippen LogP contribution in [0.5, 0.6) is 5.75 Å². The number of likely N-dealkylation sites (tertiary alicyclic amines) is 1. The van der Waals surface area contributed by atoms with Gasteiger partial charge in [-0.25, -0.2) is 0 Å². The molecule has 2 rings (SSSR count). The lowest BCUT2D eigenvalue weighted by Gasteiger charge is -2.31. The average Bonchev–Trinajstić information content (AvgIpc) is 2.39. The van der Waals surface area contributed by atoms with Crippen LogP contribution in [0, 0.1) is 5.92 Å². The van der Waals surface area contributed by atoms with Crippen LogP contribution >= 0.6 is 0 Å². The van der Waals surface area contributed by atoms with Gasteiger partial charge in [-0.1, -0.05) is 6.92 Å². The lowest BCUT2D eigenvalue weighted by molar-refractivity contribution is -0.125. The molecule has 1 aliphatic rings. The number of hydrogen-bond donors (Lipinski definition) is 1. The van der Waals surface area contributed by atoms with Gasteiger partial charge in [0.1, 0.15) is 11.5 Å². The van der Waals surface area contributed by atoms with Crippen LogP contribution < -0.4 is 0 Å². The Morgan fingerprint density at radius 3 is 2.67 bits per heavy atom. The zero-order chi connectivity index (χ0) is 13.1. The van der Waals surface area contributed by atoms with Crippen LogP contribution in [0.2, 0.25) is 0 Å². The Labute approximate surface area is 106 Å². The molecule has 96 valence electrons. The Morgan fingerprint density at radius 2 is 2.06 bits per heavy atom. The maximum atomic E-state index is 12.2. The van der Waals surface area contributed by atoms with Crippen molar-refractivity contribution in [3.8, 4) is 5.75 Å². The smallest absolute Gasteiger partial charge is 0.253 e. The number of carbonyl (C=O) groups excluding carboxylic acids is 2. The highest BCUT2D eigenvalue weighted by Crippen LogP contribution is 2.19. The molecule has 4 nitrogen and oxygen atoms in total. The van der Waals surface area contributed by atoms with E-state index in [0.717, 1.165) is 6.42 Å². The predicted octanol–water partition coefficient (Wildman–Crippen LogP) is 1.83. The van der Waals surface area contributed by atoms with Crippen LogP contribution in [0.15, 0.2) is 24.3 Å². The van der Waals surface area contributed by atoms with E-state index in [1.54, 1.807) is 17.0 Å². The molecule has 1 amide bonds. The molecular formula is C14H17NO3. The molecule has 4 heteroatoms. The summed E-state index contributed by atoms with van der Waals surface area (Å²) >= 11 is 0. The molecule has 1 N–H and O–H groups in total. The molecule has 1 aromatic rings. The fourth-order valence-electron chi connectivity index (χ4n) is 2.24. The molecule has 0 spiro atoms. The molecule has 0 radical (unpaired) electrons. The Morgan fingerprint density at radius 1 is 1.39 bits per heavy atom. The van der Waals surface area contributed by atoms with Gasteiger partial charge >= 0.3 is 0 Å². The molecule has 1 fully saturated rings. The molecule has 0 saturated carbocycles. The number of nitrogens with zero attached hydrogens (tertiary/aromatic N) is 1. The molecule has 1 saturated heterocycles. The summed E-state index contributed by atoms with van der Waals surface area (Å²) in [6.45, 7) is 2.97. The third-order valence-electron chi connectivity index (χ3n) is 3.42. The second-order valence-corrected chi connectivity index (χ2v) is 4.62. The van der Waals surface area contributed by atoms with E-state index in [9.17, 15) is 14.7 Å². The van der Waals surface area contributed by atoms with E-state index in [4.69, 9.17) is 0 Å². The molecule has 18 heavy (non-hydrogen) atoms. The first-order chi connectivity index (χ1) is 8.61. The summed E-state index contributed by atoms with van der Waals surface area (Å²) in [5, 5.41) is 9.19. The standard InChI is InChI=1S/C14H17NO3/c1-2-10-9-15(8-7-13(10)17)14(18)11-3-5-12(16)6-4-11/h3-6,10,16H,2,7-9H2,1H3. The topological polar surface area (TPSA) is 57.6 Å². The van der Waals surface area contributed by atoms with Crippen LogP contribution in [0.1, 0.15) is 30.1 Å². The number of phenols is 1. The van der Waals surface area contributed by atoms with Crippen molar-refractivity contribution in [3.63, 3.8) is 0 Å². The van der Waals surface area contributed by atoms with Gasteiger partial charge in [0.2, 0.25) is 0 Å². The highest BCUT2D eigenvalue weighted by molar-refractivity contribution is 5.95. The van der Waals surface area contributed by atoms with Gasteiger partial charge in [-0.05, 0) is 30.7 Å². The van der Waals surface area contributed by atoms with E-state index in [2.05, 4.69) is 0 Å². The van der Waals surface area contributed by atoms with Gasteiger partial charge in [0.15, 0.2) is 0 Å². The first kappa shape index (κ1) is 12.6. The van der Waals surface area contributed by atoms with E-state index in [0.29, 0.717) is 25.1 Å². The number of phenolic OH excluding ortho intramolecular Hbond substituents is 1. The lowest BCUT2D eigenvalue weighted by Crippen LogP contribution is -2.43. The first-order valence-corrected chi connectivity index (χ1v) is 6.23. The zero-order valence-corrected chi connectivity index (χ0v) is 10.4. The average molecular weight is 247 g/mol. The van der Waals surface area contributed by atoms with E-state index in [-0.39, 0.29) is 23.4 Å². The van der Waals surface area contributed by atoms with Crippen molar-refractivity contribution in [1.82, 2.24) is 4.90 Å². The molecule has 0 bridgehead atoms. The Balaban J connectivity index is 2.10. The maximum absolute atomic E-state index is 12.2. The monoisotopic (exact) mass is 247 g/mol. The van der Waals surface area contributed by atoms with Gasteiger partial charge < -0.3 is 10.0 Å². The van der Waals surface area contributed by atoms with Crippen LogP contribution in [0.25, 0.3) is 0 Å². The van der Waals surface area contributed by atoms with Gasteiger partial charge in [-0.2, -0.15) is 0 Å². The number of Topliss-reactive ketones (excluding diaryl/α,β-unsaturated/α-hetero) is 1. The minimum atomic E-state index is -0.0686. The van der Waals surface area contributed by atoms with Crippen molar-refractivity contribution in [2.45, 2.75) is 19.8 Å². The number of rotatable bonds is 2. The number of piperidine rings is 1. The molecule has 1 aromatic carbocycles. The van der Waals surface area contributed by atoms with Crippen LogP contribution in [-0.2, 0) is 4.79 Å². The predicted molar refractivity (Wildman–Crippen MR) is 67.4 cm³/mol. The number of aromatic hydroxyl groups is 1. The molecule has 0 aromatic heterocycles. The van der Waals surface area contributed by atoms with E-state index in [1.807, 2.05) is 6.92 Å². The summed E-state index contributed by atoms with van der Waals surface area (Å²) in [4.78, 5) is 25.5. The van der Waals surface area contributed by atoms with Crippen LogP contribution in [0.3, 0.4) is 0 Å². The third kappa shape index (κ3) is 2.53. The molecule has 1 atom stereocenters. The fourth-order valence-corrected chi connectivity index (χ4v) is 2.24. The van der Waals surface area contributed by atoms with E-state index < -0.39 is 0 Å². The number of carbonyl (C=O) groups is 2. The largest absolute Gasteiger partial charge is 0.508 e. The summed E-state index contributed by atoms with van der Waals surface area (Å²) in [7, 11) is 0. The zero-order valence-electron chi connectivity index (χ0n) is 10.4. The van der Waals surface area contributed by atoms with Crippen molar-refractivity contribution >= 4 is 11.7 Å². The Bertz CT molecular complexity index is 453. The second kappa shape index (κ2) is 5.21. The molecule has 0 aliphatic carbocycles. The first-order valence-electron chi connectivity index (χ1n) is 6.23. The minimum Gasteiger partial charge on any atom is -0.508 e. The number of hydrogen-bond acceptors (Lipinski definition) is 3. The molecule has 1 unspecified atom stereocenters. The maximum Gasteiger partial charge on any atom is 0.253 e. The minimum absolute atomic E-state index is 0.0279. The summed E-state index contributed by atoms with van der Waals surface area (Å²) < 4.78 is 0. The van der Waals surface area contributed by atoms with Gasteiger partial charge in [0.05, 0.1) is 0 Å². The van der Waals surface area contributed by atoms with Crippen LogP contribution in [0.4, 0.5) is 0 Å². The number of ketones is 1. The highest BCUT2D eigenvalue weighted by Gasteiger charge is 2.28. The summed E-state index contributed by atoms with van der Waals surface area (Å²) in [5.41, 5.74) is 0.553. The quantitative estimate of drug-likeness (QED) is 0.867. The Hall–Kier alpha value is -1.84. The van der Waals surface area contributed by atoms with Gasteiger partial charge in [-0.3, -0.25) is 9.59 Å². The van der Waals surface area contributed by atoms with Gasteiger partial charge in [0, 0.05) is 31.0 Å². The summed E-state index contributed by atoms with van der Waals surface area (Å²) in [5.74, 6) is 0.305. The van der Waals surface area contributed by atoms with Gasteiger partial charge in [-0.15, -0.1) is 0 Å². The molecule has 1 aliphatic heterocycles. The SMILES string of the molecule is CCC1CN(C(=O)c2ccc(O)cc2)CCC1=O.